The van der Waals surface area contributed by atoms with Gasteiger partial charge in [0, 0.05) is 50.7 Å². The van der Waals surface area contributed by atoms with Crippen LogP contribution in [0.25, 0.3) is 0 Å². The van der Waals surface area contributed by atoms with Gasteiger partial charge in [-0.2, -0.15) is 0 Å². The Morgan fingerprint density at radius 2 is 0.459 bits per heavy atom. The smallest absolute Gasteiger partial charge is 1.00 e. The molecule has 122 heavy (non-hydrogen) atoms. The van der Waals surface area contributed by atoms with Gasteiger partial charge in [0.05, 0.1) is 45.2 Å². The Kier molecular flexibility index (Phi) is 36.9. The van der Waals surface area contributed by atoms with Crippen molar-refractivity contribution >= 4 is 0 Å². The van der Waals surface area contributed by atoms with Crippen LogP contribution in [0.4, 0.5) is 0 Å². The summed E-state index contributed by atoms with van der Waals surface area (Å²) < 4.78 is 48.6. The van der Waals surface area contributed by atoms with Crippen LogP contribution in [0.2, 0.25) is 0 Å². The Morgan fingerprint density at radius 3 is 0.664 bits per heavy atom. The van der Waals surface area contributed by atoms with E-state index in [2.05, 4.69) is 326 Å². The summed E-state index contributed by atoms with van der Waals surface area (Å²) in [7, 11) is 0. The Bertz CT molecular complexity index is 4570. The van der Waals surface area contributed by atoms with E-state index in [-0.39, 0.29) is 98.3 Å². The van der Waals surface area contributed by atoms with Gasteiger partial charge >= 0.3 is 29.6 Å². The average molecular weight is 1680 g/mol. The molecule has 0 amide bonds. The fourth-order valence-corrected chi connectivity index (χ4v) is 16.8. The first-order chi connectivity index (χ1) is 56.5. The van der Waals surface area contributed by atoms with Crippen LogP contribution in [-0.2, 0) is 93.3 Å². The summed E-state index contributed by atoms with van der Waals surface area (Å²) in [5.41, 5.74) is 26.5. The van der Waals surface area contributed by atoms with Crippen LogP contribution in [0.15, 0.2) is 119 Å². The molecular formula is C113H169NaO8. The number of hydrogen-bond acceptors (Lipinski definition) is 8. The van der Waals surface area contributed by atoms with Gasteiger partial charge in [0.15, 0.2) is 0 Å². The molecular weight excluding hydrogens is 1510 g/mol. The van der Waals surface area contributed by atoms with Gasteiger partial charge < -0.3 is 39.7 Å². The van der Waals surface area contributed by atoms with Gasteiger partial charge in [0.2, 0.25) is 0 Å². The molecule has 0 fully saturated rings. The van der Waals surface area contributed by atoms with Crippen molar-refractivity contribution in [1.82, 2.24) is 0 Å². The monoisotopic (exact) mass is 1680 g/mol. The van der Waals surface area contributed by atoms with Crippen LogP contribution in [0, 0.1) is 22.7 Å². The number of rotatable bonds is 22. The third-order valence-electron chi connectivity index (χ3n) is 24.4. The number of phenols is 1. The molecule has 0 aliphatic heterocycles. The van der Waals surface area contributed by atoms with Crippen molar-refractivity contribution in [2.75, 3.05) is 46.2 Å². The van der Waals surface area contributed by atoms with E-state index in [4.69, 9.17) is 33.2 Å². The largest absolute Gasteiger partial charge is 1.00 e. The molecule has 0 spiro atoms. The molecule has 4 aliphatic rings. The number of fused-ring (bicyclic) bond motifs is 16. The number of allylic oxidation sites excluding steroid dienone is 4. The summed E-state index contributed by atoms with van der Waals surface area (Å²) >= 11 is 0. The molecule has 4 unspecified atom stereocenters. The van der Waals surface area contributed by atoms with E-state index < -0.39 is 0 Å². The zero-order chi connectivity index (χ0) is 89.7. The number of ether oxygens (including phenoxy) is 7. The molecule has 670 valence electrons. The van der Waals surface area contributed by atoms with Crippen molar-refractivity contribution in [2.45, 2.75) is 382 Å². The van der Waals surface area contributed by atoms with E-state index in [0.717, 1.165) is 122 Å². The van der Waals surface area contributed by atoms with E-state index in [1.807, 2.05) is 0 Å². The van der Waals surface area contributed by atoms with Crippen molar-refractivity contribution in [1.29, 1.82) is 0 Å². The summed E-state index contributed by atoms with van der Waals surface area (Å²) in [4.78, 5) is 0. The molecule has 8 nitrogen and oxygen atoms in total. The zero-order valence-corrected chi connectivity index (χ0v) is 85.8. The van der Waals surface area contributed by atoms with Crippen molar-refractivity contribution in [2.24, 2.45) is 22.7 Å². The van der Waals surface area contributed by atoms with Crippen molar-refractivity contribution in [3.8, 4) is 34.5 Å². The van der Waals surface area contributed by atoms with Gasteiger partial charge in [-0.15, -0.1) is 0 Å². The minimum absolute atomic E-state index is 0. The van der Waals surface area contributed by atoms with Crippen LogP contribution in [-0.4, -0.2) is 63.6 Å². The van der Waals surface area contributed by atoms with Crippen molar-refractivity contribution in [3.63, 3.8) is 0 Å². The molecule has 6 aromatic rings. The van der Waals surface area contributed by atoms with E-state index >= 15 is 0 Å². The maximum absolute atomic E-state index is 12.4. The van der Waals surface area contributed by atoms with E-state index in [9.17, 15) is 5.11 Å². The molecule has 6 aromatic carbocycles. The van der Waals surface area contributed by atoms with Gasteiger partial charge in [-0.3, -0.25) is 0 Å². The van der Waals surface area contributed by atoms with E-state index in [1.165, 1.54) is 113 Å². The van der Waals surface area contributed by atoms with Crippen LogP contribution in [0.3, 0.4) is 0 Å². The second-order valence-corrected chi connectivity index (χ2v) is 44.1. The fourth-order valence-electron chi connectivity index (χ4n) is 16.8. The summed E-state index contributed by atoms with van der Waals surface area (Å²) in [6.45, 7) is 80.1. The molecule has 4 aliphatic carbocycles. The number of benzene rings is 6. The minimum Gasteiger partial charge on any atom is -1.00 e. The molecule has 10 rings (SSSR count). The van der Waals surface area contributed by atoms with Crippen LogP contribution < -0.4 is 53.2 Å². The molecule has 1 N–H and O–H groups in total. The van der Waals surface area contributed by atoms with Gasteiger partial charge in [0.25, 0.3) is 0 Å². The molecule has 0 saturated carbocycles. The topological polar surface area (TPSA) is 84.8 Å². The second kappa shape index (κ2) is 43.7. The molecule has 16 bridgehead atoms. The van der Waals surface area contributed by atoms with E-state index in [1.54, 1.807) is 0 Å². The summed E-state index contributed by atoms with van der Waals surface area (Å²) in [5.74, 6) is 5.57. The average Bonchev–Trinajstić information content (AvgIpc) is 0.772. The molecule has 4 atom stereocenters. The second-order valence-electron chi connectivity index (χ2n) is 44.1. The van der Waals surface area contributed by atoms with Crippen LogP contribution >= 0.6 is 0 Å². The number of phenolic OH excluding ortho intramolecular Hbond substituents is 1. The molecule has 0 aromatic heterocycles. The molecule has 0 radical (unpaired) electrons. The third-order valence-corrected chi connectivity index (χ3v) is 24.4. The molecule has 9 heteroatoms. The molecule has 0 heterocycles. The number of hydrogen-bond donors (Lipinski definition) is 1. The zero-order valence-electron chi connectivity index (χ0n) is 84.8. The van der Waals surface area contributed by atoms with Crippen molar-refractivity contribution < 1.29 is 69.2 Å². The predicted octanol–water partition coefficient (Wildman–Crippen LogP) is 26.9. The van der Waals surface area contributed by atoms with Gasteiger partial charge in [-0.05, 0) is 236 Å². The number of unbranched alkanes of at least 4 members (excludes halogenated alkanes) is 1. The Labute approximate surface area is 769 Å². The molecule has 0 saturated heterocycles. The maximum atomic E-state index is 12.4. The van der Waals surface area contributed by atoms with Crippen LogP contribution in [0.5, 0.6) is 34.5 Å². The SMILES string of the molecule is CCCC.CCCOc1c2cc(C(C)(C)C)cc1Cc1cc(C(C)(C)C)cc(c1O)Cc1cc(C(C)(C)C)cc(c1OCCC)CC1C=C(C(C)(C)C)C=C(C2)C1OCCC.CCCOc1c2cc(C(C)(C)C)cc1Cc1cc(C(C)(C)C)cc(c1OCCC)Cc1cc(C(C)(C)C)cc(c1OCCC)CC1C=C(C(C)(C)C)C=C(C2)C1OCCC.[H-].[Na+]. The first-order valence-electron chi connectivity index (χ1n) is 47.4. The maximum Gasteiger partial charge on any atom is 1.00 e. The van der Waals surface area contributed by atoms with Gasteiger partial charge in [-0.1, -0.05) is 338 Å². The normalized spacial score (nSPS) is 17.2. The Hall–Kier alpha value is -6.00. The van der Waals surface area contributed by atoms with Crippen LogP contribution in [0.1, 0.15) is 388 Å². The fraction of sp³-hybridized carbons (Fsp3) is 0.611. The summed E-state index contributed by atoms with van der Waals surface area (Å²) in [5, 5.41) is 12.4. The van der Waals surface area contributed by atoms with Gasteiger partial charge in [0.1, 0.15) is 34.5 Å². The first kappa shape index (κ1) is 103. The summed E-state index contributed by atoms with van der Waals surface area (Å²) in [6, 6.07) is 28.6. The first-order valence-corrected chi connectivity index (χ1v) is 47.4. The summed E-state index contributed by atoms with van der Waals surface area (Å²) in [6.07, 6.45) is 24.6. The standard InChI is InChI=1S/C56H82O4.C53H76O4.C4H10.Na.H/c1-17-21-57-49-37-25-39-31-46(54(8,9)10)33-41(50(39)58-22-18-2)27-43-35-48(56(14,15)16)36-44(52(43)60-24-20-4)28-42-34-47(55(11,12)13)32-40(51(42)59-23-19-3)26-38(49)30-45(29-37)53(5,6)7;1-16-19-55-47-36-22-34-26-42(50(4,5)6)27-35(46(34)54)23-37-29-44(52(10,11)12)31-39(48(37)56-20-17-2)25-41-33-45(53(13,14)15)32-40(49(41)57-21-18-3)24-38(47)30-43(28-36)51(7,8)9;1-3-4-2;;/h29-37,49H,17-28H2,1-16H3;26-33,40,49,54H,16-25H2,1-15H3;3-4H2,1-2H3;;/q;;;+1;-1. The Morgan fingerprint density at radius 1 is 0.262 bits per heavy atom. The Balaban J connectivity index is 0.000000359. The minimum atomic E-state index is -0.119. The van der Waals surface area contributed by atoms with Gasteiger partial charge in [-0.25, -0.2) is 0 Å². The number of aromatic hydroxyl groups is 1. The van der Waals surface area contributed by atoms with E-state index in [0.29, 0.717) is 77.7 Å². The van der Waals surface area contributed by atoms with Crippen molar-refractivity contribution in [3.05, 3.63) is 220 Å². The predicted molar refractivity (Wildman–Crippen MR) is 517 cm³/mol. The third kappa shape index (κ3) is 27.3. The quantitative estimate of drug-likeness (QED) is 0.0673.